The van der Waals surface area contributed by atoms with E-state index in [1.807, 2.05) is 0 Å². The van der Waals surface area contributed by atoms with Gasteiger partial charge in [-0.2, -0.15) is 0 Å². The average Bonchev–Trinajstić information content (AvgIpc) is 3.04. The Morgan fingerprint density at radius 3 is 0.435 bits per heavy atom. The predicted octanol–water partition coefficient (Wildman–Crippen LogP) is 12.5. The molecule has 0 saturated heterocycles. The van der Waals surface area contributed by atoms with Gasteiger partial charge in [0.15, 0.2) is 0 Å². The molecule has 0 amide bonds. The van der Waals surface area contributed by atoms with Crippen LogP contribution in [0.25, 0.3) is 0 Å². The minimum atomic E-state index is 0. The maximum Gasteiger partial charge on any atom is 0.0431 e. The van der Waals surface area contributed by atoms with Crippen LogP contribution in [0, 0.1) is 0 Å². The smallest absolute Gasteiger partial charge is 0.0431 e. The Morgan fingerprint density at radius 1 is 0.217 bits per heavy atom. The van der Waals surface area contributed by atoms with Crippen molar-refractivity contribution in [1.82, 2.24) is 0 Å². The second-order valence-corrected chi connectivity index (χ2v) is 12.8. The molecule has 0 aromatic carbocycles. The van der Waals surface area contributed by atoms with Gasteiger partial charge in [-0.25, -0.2) is 0 Å². The Kier molecular flexibility index (Phi) is 87.2. The molecule has 6 heteroatoms. The Labute approximate surface area is 312 Å². The molecule has 0 heterocycles. The van der Waals surface area contributed by atoms with Crippen LogP contribution in [0.5, 0.6) is 0 Å². The van der Waals surface area contributed by atoms with Gasteiger partial charge in [-0.1, -0.05) is 207 Å². The molecule has 0 aliphatic carbocycles. The van der Waals surface area contributed by atoms with E-state index >= 15 is 0 Å². The Bertz CT molecular complexity index is 301. The second kappa shape index (κ2) is 67.9. The van der Waals surface area contributed by atoms with Gasteiger partial charge >= 0.3 is 0 Å². The molecule has 0 unspecified atom stereocenters. The van der Waals surface area contributed by atoms with E-state index < -0.39 is 0 Å². The third-order valence-corrected chi connectivity index (χ3v) is 8.05. The van der Waals surface area contributed by atoms with Crippen LogP contribution in [0.3, 0.4) is 0 Å². The molecule has 0 rings (SSSR count). The van der Waals surface area contributed by atoms with Gasteiger partial charge in [0.25, 0.3) is 0 Å². The molecule has 0 aromatic heterocycles. The van der Waals surface area contributed by atoms with Crippen molar-refractivity contribution in [3.8, 4) is 0 Å². The predicted molar refractivity (Wildman–Crippen MR) is 199 cm³/mol. The Morgan fingerprint density at radius 2 is 0.326 bits per heavy atom. The zero-order valence-corrected chi connectivity index (χ0v) is 34.1. The topological polar surface area (TPSA) is 80.9 Å². The molecule has 0 saturated carbocycles. The second-order valence-electron chi connectivity index (χ2n) is 12.8. The maximum absolute atomic E-state index is 8.51. The van der Waals surface area contributed by atoms with Crippen LogP contribution >= 0.6 is 0 Å². The van der Waals surface area contributed by atoms with Crippen molar-refractivity contribution in [1.29, 1.82) is 0 Å². The molecule has 4 N–H and O–H groups in total. The van der Waals surface area contributed by atoms with E-state index in [4.69, 9.17) is 20.4 Å². The van der Waals surface area contributed by atoms with Crippen LogP contribution < -0.4 is 0 Å². The molecule has 0 fully saturated rings. The molecule has 1 radical (unpaired) electrons. The van der Waals surface area contributed by atoms with E-state index in [0.29, 0.717) is 26.4 Å². The SMILES string of the molecule is CCCCCCCCCCO.CCCCCCCCCCO.CCCCCCCCCCO.CCCCCCCCCCO.[Co].[Fe]. The normalized spacial score (nSPS) is 9.91. The summed E-state index contributed by atoms with van der Waals surface area (Å²) in [6.07, 6.45) is 41.5. The molecule has 0 aromatic rings. The molecule has 0 aliphatic rings. The van der Waals surface area contributed by atoms with Crippen molar-refractivity contribution >= 4 is 0 Å². The molecular formula is C40H88CoFeO4. The van der Waals surface area contributed by atoms with Crippen molar-refractivity contribution in [3.63, 3.8) is 0 Å². The van der Waals surface area contributed by atoms with E-state index in [-0.39, 0.29) is 33.8 Å². The first kappa shape index (κ1) is 59.0. The zero-order chi connectivity index (χ0) is 33.5. The van der Waals surface area contributed by atoms with E-state index in [1.54, 1.807) is 0 Å². The molecule has 289 valence electrons. The van der Waals surface area contributed by atoms with Gasteiger partial charge in [0.05, 0.1) is 0 Å². The maximum atomic E-state index is 8.51. The summed E-state index contributed by atoms with van der Waals surface area (Å²) in [6, 6.07) is 0. The number of aliphatic hydroxyl groups is 4. The number of hydrogen-bond donors (Lipinski definition) is 4. The fraction of sp³-hybridized carbons (Fsp3) is 1.00. The molecule has 46 heavy (non-hydrogen) atoms. The van der Waals surface area contributed by atoms with Crippen LogP contribution in [0.1, 0.15) is 233 Å². The molecule has 4 nitrogen and oxygen atoms in total. The molecule has 0 bridgehead atoms. The quantitative estimate of drug-likeness (QED) is 0.0408. The number of rotatable bonds is 32. The number of hydrogen-bond acceptors (Lipinski definition) is 4. The summed E-state index contributed by atoms with van der Waals surface area (Å²) in [7, 11) is 0. The summed E-state index contributed by atoms with van der Waals surface area (Å²) in [5, 5.41) is 34.0. The van der Waals surface area contributed by atoms with Gasteiger partial charge in [0.2, 0.25) is 0 Å². The largest absolute Gasteiger partial charge is 0.396 e. The van der Waals surface area contributed by atoms with Crippen LogP contribution in [0.15, 0.2) is 0 Å². The fourth-order valence-electron chi connectivity index (χ4n) is 4.98. The molecular weight excluding hydrogens is 659 g/mol. The summed E-state index contributed by atoms with van der Waals surface area (Å²) in [4.78, 5) is 0. The van der Waals surface area contributed by atoms with Gasteiger partial charge in [-0.05, 0) is 25.7 Å². The summed E-state index contributed by atoms with van der Waals surface area (Å²) in [5.74, 6) is 0. The van der Waals surface area contributed by atoms with E-state index in [1.165, 1.54) is 180 Å². The van der Waals surface area contributed by atoms with Crippen LogP contribution in [0.2, 0.25) is 0 Å². The average molecular weight is 748 g/mol. The first-order valence-electron chi connectivity index (χ1n) is 20.1. The van der Waals surface area contributed by atoms with E-state index in [2.05, 4.69) is 27.7 Å². The Balaban J connectivity index is -0.000000114. The van der Waals surface area contributed by atoms with Crippen LogP contribution in [-0.2, 0) is 33.8 Å². The van der Waals surface area contributed by atoms with Gasteiger partial charge < -0.3 is 20.4 Å². The standard InChI is InChI=1S/4C10H22O.Co.Fe/c4*1-2-3-4-5-6-7-8-9-10-11;;/h4*11H,2-10H2,1H3;;. The molecule has 0 aliphatic heterocycles. The fourth-order valence-corrected chi connectivity index (χ4v) is 4.98. The minimum absolute atomic E-state index is 0. The summed E-state index contributed by atoms with van der Waals surface area (Å²) in [5.41, 5.74) is 0. The number of unbranched alkanes of at least 4 members (excludes halogenated alkanes) is 28. The first-order valence-corrected chi connectivity index (χ1v) is 20.1. The minimum Gasteiger partial charge on any atom is -0.396 e. The number of aliphatic hydroxyl groups excluding tert-OH is 4. The van der Waals surface area contributed by atoms with Gasteiger partial charge in [0.1, 0.15) is 0 Å². The molecule has 0 atom stereocenters. The van der Waals surface area contributed by atoms with Gasteiger partial charge in [-0.3, -0.25) is 0 Å². The third-order valence-electron chi connectivity index (χ3n) is 8.05. The van der Waals surface area contributed by atoms with E-state index in [9.17, 15) is 0 Å². The Hall–Kier alpha value is 0.866. The van der Waals surface area contributed by atoms with Crippen molar-refractivity contribution < 1.29 is 54.3 Å². The van der Waals surface area contributed by atoms with Crippen molar-refractivity contribution in [2.75, 3.05) is 26.4 Å². The third kappa shape index (κ3) is 79.9. The first-order chi connectivity index (χ1) is 21.7. The van der Waals surface area contributed by atoms with Crippen LogP contribution in [-0.4, -0.2) is 46.9 Å². The van der Waals surface area contributed by atoms with Crippen molar-refractivity contribution in [2.24, 2.45) is 0 Å². The zero-order valence-electron chi connectivity index (χ0n) is 31.9. The van der Waals surface area contributed by atoms with Gasteiger partial charge in [0, 0.05) is 60.3 Å². The summed E-state index contributed by atoms with van der Waals surface area (Å²) >= 11 is 0. The van der Waals surface area contributed by atoms with Crippen molar-refractivity contribution in [3.05, 3.63) is 0 Å². The summed E-state index contributed by atoms with van der Waals surface area (Å²) < 4.78 is 0. The molecule has 0 spiro atoms. The monoisotopic (exact) mass is 748 g/mol. The van der Waals surface area contributed by atoms with E-state index in [0.717, 1.165) is 25.7 Å². The van der Waals surface area contributed by atoms with Crippen LogP contribution in [0.4, 0.5) is 0 Å². The van der Waals surface area contributed by atoms with Gasteiger partial charge in [-0.15, -0.1) is 0 Å². The van der Waals surface area contributed by atoms with Crippen molar-refractivity contribution in [2.45, 2.75) is 233 Å². The summed E-state index contributed by atoms with van der Waals surface area (Å²) in [6.45, 7) is 10.4.